The van der Waals surface area contributed by atoms with Gasteiger partial charge in [-0.25, -0.2) is 9.78 Å². The summed E-state index contributed by atoms with van der Waals surface area (Å²) in [7, 11) is 1.31. The van der Waals surface area contributed by atoms with Crippen LogP contribution in [-0.2, 0) is 10.5 Å². The number of esters is 1. The van der Waals surface area contributed by atoms with E-state index in [1.165, 1.54) is 25.1 Å². The van der Waals surface area contributed by atoms with Gasteiger partial charge in [0.25, 0.3) is 5.56 Å². The van der Waals surface area contributed by atoms with Gasteiger partial charge in [-0.15, -0.1) is 0 Å². The second-order valence-corrected chi connectivity index (χ2v) is 7.67. The van der Waals surface area contributed by atoms with Crippen LogP contribution in [0.3, 0.4) is 0 Å². The molecule has 0 aliphatic carbocycles. The van der Waals surface area contributed by atoms with Crippen molar-refractivity contribution >= 4 is 28.6 Å². The highest BCUT2D eigenvalue weighted by Crippen LogP contribution is 2.28. The first-order valence-electron chi connectivity index (χ1n) is 9.44. The van der Waals surface area contributed by atoms with E-state index in [1.54, 1.807) is 16.7 Å². The van der Waals surface area contributed by atoms with Gasteiger partial charge in [0.15, 0.2) is 5.16 Å². The number of benzene rings is 2. The van der Waals surface area contributed by atoms with Crippen molar-refractivity contribution in [3.63, 3.8) is 0 Å². The van der Waals surface area contributed by atoms with Crippen molar-refractivity contribution in [2.24, 2.45) is 0 Å². The SMILES string of the molecule is COC(=O)c1occc1CSc1nc2ccccc2c(=O)n1C(C)c1ccccc1. The van der Waals surface area contributed by atoms with Gasteiger partial charge in [-0.3, -0.25) is 9.36 Å². The number of thioether (sulfide) groups is 1. The lowest BCUT2D eigenvalue weighted by atomic mass is 10.1. The number of furan rings is 1. The number of fused-ring (bicyclic) bond motifs is 1. The van der Waals surface area contributed by atoms with Gasteiger partial charge >= 0.3 is 5.97 Å². The van der Waals surface area contributed by atoms with E-state index in [2.05, 4.69) is 0 Å². The standard InChI is InChI=1S/C23H20N2O4S/c1-15(16-8-4-3-5-9-16)25-21(26)18-10-6-7-11-19(18)24-23(25)30-14-17-12-13-29-20(17)22(27)28-2/h3-13,15H,14H2,1-2H3. The Bertz CT molecular complexity index is 1250. The normalized spacial score (nSPS) is 12.1. The molecular weight excluding hydrogens is 400 g/mol. The third-order valence-corrected chi connectivity index (χ3v) is 5.92. The summed E-state index contributed by atoms with van der Waals surface area (Å²) in [6.07, 6.45) is 1.45. The summed E-state index contributed by atoms with van der Waals surface area (Å²) in [5, 5.41) is 1.15. The number of para-hydroxylation sites is 1. The molecule has 30 heavy (non-hydrogen) atoms. The van der Waals surface area contributed by atoms with Crippen molar-refractivity contribution < 1.29 is 13.9 Å². The number of hydrogen-bond donors (Lipinski definition) is 0. The van der Waals surface area contributed by atoms with Gasteiger partial charge in [-0.1, -0.05) is 54.2 Å². The van der Waals surface area contributed by atoms with Crippen LogP contribution in [0.15, 0.2) is 81.3 Å². The summed E-state index contributed by atoms with van der Waals surface area (Å²) in [5.74, 6) is 0.0423. The molecule has 0 saturated carbocycles. The van der Waals surface area contributed by atoms with Gasteiger partial charge < -0.3 is 9.15 Å². The largest absolute Gasteiger partial charge is 0.463 e. The minimum atomic E-state index is -0.530. The summed E-state index contributed by atoms with van der Waals surface area (Å²) in [5.41, 5.74) is 2.24. The average Bonchev–Trinajstić information content (AvgIpc) is 3.26. The Morgan fingerprint density at radius 1 is 1.13 bits per heavy atom. The Hall–Kier alpha value is -3.32. The number of ether oxygens (including phenoxy) is 1. The third kappa shape index (κ3) is 3.76. The Morgan fingerprint density at radius 2 is 1.87 bits per heavy atom. The number of nitrogens with zero attached hydrogens (tertiary/aromatic N) is 2. The van der Waals surface area contributed by atoms with Crippen LogP contribution in [0.1, 0.15) is 34.6 Å². The van der Waals surface area contributed by atoms with Gasteiger partial charge in [0, 0.05) is 11.3 Å². The number of rotatable bonds is 6. The fraction of sp³-hybridized carbons (Fsp3) is 0.174. The maximum Gasteiger partial charge on any atom is 0.374 e. The Labute approximate surface area is 177 Å². The summed E-state index contributed by atoms with van der Waals surface area (Å²) in [4.78, 5) is 30.0. The number of carbonyl (C=O) groups is 1. The molecule has 2 aromatic carbocycles. The molecule has 0 saturated heterocycles. The van der Waals surface area contributed by atoms with Crippen LogP contribution in [-0.4, -0.2) is 22.6 Å². The van der Waals surface area contributed by atoms with Crippen molar-refractivity contribution in [3.8, 4) is 0 Å². The Kier molecular flexibility index (Phi) is 5.72. The summed E-state index contributed by atoms with van der Waals surface area (Å²) >= 11 is 1.38. The molecule has 0 aliphatic heterocycles. The molecule has 0 radical (unpaired) electrons. The lowest BCUT2D eigenvalue weighted by molar-refractivity contribution is 0.0564. The molecule has 0 amide bonds. The summed E-state index contributed by atoms with van der Waals surface area (Å²) in [6, 6.07) is 18.7. The second kappa shape index (κ2) is 8.59. The van der Waals surface area contributed by atoms with Gasteiger partial charge in [-0.05, 0) is 30.7 Å². The first kappa shape index (κ1) is 20.0. The van der Waals surface area contributed by atoms with Gasteiger partial charge in [-0.2, -0.15) is 0 Å². The zero-order valence-electron chi connectivity index (χ0n) is 16.6. The maximum atomic E-state index is 13.4. The highest BCUT2D eigenvalue weighted by Gasteiger charge is 2.20. The van der Waals surface area contributed by atoms with Gasteiger partial charge in [0.05, 0.1) is 30.3 Å². The molecule has 152 valence electrons. The maximum absolute atomic E-state index is 13.4. The monoisotopic (exact) mass is 420 g/mol. The van der Waals surface area contributed by atoms with E-state index in [9.17, 15) is 9.59 Å². The quantitative estimate of drug-likeness (QED) is 0.256. The van der Waals surface area contributed by atoms with Crippen molar-refractivity contribution in [2.75, 3.05) is 7.11 Å². The van der Waals surface area contributed by atoms with Crippen molar-refractivity contribution in [3.05, 3.63) is 94.2 Å². The lowest BCUT2D eigenvalue weighted by Crippen LogP contribution is -2.27. The molecule has 7 heteroatoms. The minimum Gasteiger partial charge on any atom is -0.463 e. The van der Waals surface area contributed by atoms with E-state index in [0.29, 0.717) is 27.4 Å². The van der Waals surface area contributed by atoms with Crippen LogP contribution >= 0.6 is 11.8 Å². The summed E-state index contributed by atoms with van der Waals surface area (Å²) < 4.78 is 11.7. The van der Waals surface area contributed by atoms with E-state index in [1.807, 2.05) is 55.5 Å². The molecule has 0 spiro atoms. The van der Waals surface area contributed by atoms with Crippen molar-refractivity contribution in [1.29, 1.82) is 0 Å². The average molecular weight is 420 g/mol. The third-order valence-electron chi connectivity index (χ3n) is 4.92. The zero-order chi connectivity index (χ0) is 21.1. The number of methoxy groups -OCH3 is 1. The van der Waals surface area contributed by atoms with Crippen LogP contribution < -0.4 is 5.56 Å². The molecule has 1 atom stereocenters. The second-order valence-electron chi connectivity index (χ2n) is 6.73. The van der Waals surface area contributed by atoms with Crippen LogP contribution in [0.4, 0.5) is 0 Å². The lowest BCUT2D eigenvalue weighted by Gasteiger charge is -2.20. The predicted octanol–water partition coefficient (Wildman–Crippen LogP) is 4.68. The Balaban J connectivity index is 1.78. The van der Waals surface area contributed by atoms with Crippen molar-refractivity contribution in [2.45, 2.75) is 23.9 Å². The molecule has 0 fully saturated rings. The fourth-order valence-electron chi connectivity index (χ4n) is 3.31. The summed E-state index contributed by atoms with van der Waals surface area (Å²) in [6.45, 7) is 1.98. The molecule has 0 N–H and O–H groups in total. The van der Waals surface area contributed by atoms with E-state index in [4.69, 9.17) is 14.1 Å². The smallest absolute Gasteiger partial charge is 0.374 e. The highest BCUT2D eigenvalue weighted by atomic mass is 32.2. The topological polar surface area (TPSA) is 74.3 Å². The molecular formula is C23H20N2O4S. The minimum absolute atomic E-state index is 0.0974. The van der Waals surface area contributed by atoms with E-state index in [0.717, 1.165) is 5.56 Å². The van der Waals surface area contributed by atoms with Crippen LogP contribution in [0.5, 0.6) is 0 Å². The molecule has 6 nitrogen and oxygen atoms in total. The molecule has 1 unspecified atom stereocenters. The van der Waals surface area contributed by atoms with E-state index >= 15 is 0 Å². The van der Waals surface area contributed by atoms with Gasteiger partial charge in [0.1, 0.15) is 0 Å². The van der Waals surface area contributed by atoms with Crippen LogP contribution in [0, 0.1) is 0 Å². The van der Waals surface area contributed by atoms with Crippen LogP contribution in [0.25, 0.3) is 10.9 Å². The van der Waals surface area contributed by atoms with Gasteiger partial charge in [0.2, 0.25) is 5.76 Å². The predicted molar refractivity (Wildman–Crippen MR) is 116 cm³/mol. The van der Waals surface area contributed by atoms with Crippen molar-refractivity contribution in [1.82, 2.24) is 9.55 Å². The molecule has 2 heterocycles. The first-order chi connectivity index (χ1) is 14.6. The first-order valence-corrected chi connectivity index (χ1v) is 10.4. The molecule has 4 rings (SSSR count). The zero-order valence-corrected chi connectivity index (χ0v) is 17.4. The highest BCUT2D eigenvalue weighted by molar-refractivity contribution is 7.98. The fourth-order valence-corrected chi connectivity index (χ4v) is 4.37. The van der Waals surface area contributed by atoms with E-state index in [-0.39, 0.29) is 17.4 Å². The molecule has 0 aliphatic rings. The number of carbonyl (C=O) groups excluding carboxylic acids is 1. The number of hydrogen-bond acceptors (Lipinski definition) is 6. The van der Waals surface area contributed by atoms with Crippen LogP contribution in [0.2, 0.25) is 0 Å². The van der Waals surface area contributed by atoms with E-state index < -0.39 is 5.97 Å². The molecule has 2 aromatic heterocycles. The Morgan fingerprint density at radius 3 is 2.63 bits per heavy atom. The molecule has 4 aromatic rings. The molecule has 0 bridgehead atoms. The number of aromatic nitrogens is 2.